The van der Waals surface area contributed by atoms with Crippen LogP contribution in [0, 0.1) is 0 Å². The molecule has 1 rings (SSSR count). The van der Waals surface area contributed by atoms with Crippen LogP contribution in [-0.4, -0.2) is 28.5 Å². The molecule has 1 heterocycles. The molecule has 0 spiro atoms. The third-order valence-electron chi connectivity index (χ3n) is 1.53. The van der Waals surface area contributed by atoms with Crippen LogP contribution in [-0.2, 0) is 0 Å². The summed E-state index contributed by atoms with van der Waals surface area (Å²) in [6.45, 7) is 4.47. The number of alkyl halides is 1. The summed E-state index contributed by atoms with van der Waals surface area (Å²) < 4.78 is 5.22. The smallest absolute Gasteiger partial charge is 0.234 e. The Bertz CT molecular complexity index is 283. The van der Waals surface area contributed by atoms with Gasteiger partial charge in [0.05, 0.1) is 19.0 Å². The van der Waals surface area contributed by atoms with Crippen molar-refractivity contribution in [3.8, 4) is 5.88 Å². The van der Waals surface area contributed by atoms with Crippen LogP contribution in [0.3, 0.4) is 0 Å². The summed E-state index contributed by atoms with van der Waals surface area (Å²) in [5, 5.41) is 3.10. The van der Waals surface area contributed by atoms with Crippen molar-refractivity contribution < 1.29 is 4.74 Å². The maximum Gasteiger partial charge on any atom is 0.234 e. The molecule has 0 fully saturated rings. The number of rotatable bonds is 5. The Labute approximate surface area is 88.7 Å². The molecule has 1 aromatic heterocycles. The molecule has 5 heteroatoms. The Balaban J connectivity index is 2.63. The van der Waals surface area contributed by atoms with Crippen molar-refractivity contribution in [3.63, 3.8) is 0 Å². The first kappa shape index (κ1) is 11.0. The fourth-order valence-electron chi connectivity index (χ4n) is 0.926. The zero-order valence-electron chi connectivity index (χ0n) is 8.33. The van der Waals surface area contributed by atoms with Crippen LogP contribution in [0.2, 0.25) is 0 Å². The van der Waals surface area contributed by atoms with Gasteiger partial charge in [0.15, 0.2) is 0 Å². The topological polar surface area (TPSA) is 47.0 Å². The van der Waals surface area contributed by atoms with Crippen LogP contribution in [0.15, 0.2) is 12.4 Å². The van der Waals surface area contributed by atoms with Crippen LogP contribution in [0.25, 0.3) is 0 Å². The van der Waals surface area contributed by atoms with Gasteiger partial charge in [-0.1, -0.05) is 0 Å². The number of anilines is 1. The highest BCUT2D eigenvalue weighted by Gasteiger charge is 2.02. The number of ether oxygens (including phenoxy) is 1. The second-order valence-corrected chi connectivity index (χ2v) is 3.18. The average Bonchev–Trinajstić information content (AvgIpc) is 2.19. The maximum atomic E-state index is 5.66. The Morgan fingerprint density at radius 3 is 3.00 bits per heavy atom. The van der Waals surface area contributed by atoms with E-state index in [0.717, 1.165) is 0 Å². The van der Waals surface area contributed by atoms with Crippen molar-refractivity contribution >= 4 is 17.4 Å². The van der Waals surface area contributed by atoms with Crippen molar-refractivity contribution in [2.75, 3.05) is 17.8 Å². The van der Waals surface area contributed by atoms with Crippen molar-refractivity contribution in [1.29, 1.82) is 0 Å². The molecular formula is C9H14ClN3O. The van der Waals surface area contributed by atoms with Crippen LogP contribution in [0.4, 0.5) is 5.82 Å². The van der Waals surface area contributed by atoms with Crippen molar-refractivity contribution in [2.24, 2.45) is 0 Å². The monoisotopic (exact) mass is 215 g/mol. The van der Waals surface area contributed by atoms with Gasteiger partial charge in [0, 0.05) is 11.9 Å². The fraction of sp³-hybridized carbons (Fsp3) is 0.556. The van der Waals surface area contributed by atoms with Gasteiger partial charge in [0.2, 0.25) is 5.88 Å². The zero-order chi connectivity index (χ0) is 10.4. The summed E-state index contributed by atoms with van der Waals surface area (Å²) in [6.07, 6.45) is 3.23. The molecule has 14 heavy (non-hydrogen) atoms. The minimum atomic E-state index is 0.169. The van der Waals surface area contributed by atoms with E-state index in [-0.39, 0.29) is 6.04 Å². The van der Waals surface area contributed by atoms with E-state index in [1.165, 1.54) is 0 Å². The van der Waals surface area contributed by atoms with Crippen molar-refractivity contribution in [2.45, 2.75) is 19.9 Å². The molecule has 0 aromatic carbocycles. The minimum absolute atomic E-state index is 0.169. The Morgan fingerprint density at radius 2 is 2.36 bits per heavy atom. The van der Waals surface area contributed by atoms with E-state index in [4.69, 9.17) is 16.3 Å². The van der Waals surface area contributed by atoms with Gasteiger partial charge in [-0.2, -0.15) is 4.98 Å². The molecule has 78 valence electrons. The highest BCUT2D eigenvalue weighted by atomic mass is 35.5. The fourth-order valence-corrected chi connectivity index (χ4v) is 1.00. The lowest BCUT2D eigenvalue weighted by atomic mass is 10.4. The first-order chi connectivity index (χ1) is 6.76. The van der Waals surface area contributed by atoms with Crippen molar-refractivity contribution in [1.82, 2.24) is 9.97 Å². The molecule has 0 saturated carbocycles. The van der Waals surface area contributed by atoms with E-state index in [1.54, 1.807) is 12.4 Å². The van der Waals surface area contributed by atoms with Gasteiger partial charge in [0.25, 0.3) is 0 Å². The molecule has 0 saturated heterocycles. The summed E-state index contributed by atoms with van der Waals surface area (Å²) in [5.41, 5.74) is 0. The lowest BCUT2D eigenvalue weighted by Crippen LogP contribution is -2.17. The first-order valence-electron chi connectivity index (χ1n) is 4.53. The molecule has 1 aromatic rings. The molecule has 0 aliphatic rings. The second-order valence-electron chi connectivity index (χ2n) is 2.88. The molecule has 1 atom stereocenters. The van der Waals surface area contributed by atoms with Gasteiger partial charge in [-0.15, -0.1) is 11.6 Å². The van der Waals surface area contributed by atoms with E-state index in [1.807, 2.05) is 13.8 Å². The molecule has 0 aliphatic heterocycles. The third kappa shape index (κ3) is 3.38. The van der Waals surface area contributed by atoms with Gasteiger partial charge in [-0.05, 0) is 13.8 Å². The number of nitrogens with one attached hydrogen (secondary N) is 1. The lowest BCUT2D eigenvalue weighted by molar-refractivity contribution is 0.325. The maximum absolute atomic E-state index is 5.66. The van der Waals surface area contributed by atoms with E-state index >= 15 is 0 Å². The van der Waals surface area contributed by atoms with E-state index < -0.39 is 0 Å². The van der Waals surface area contributed by atoms with Gasteiger partial charge >= 0.3 is 0 Å². The van der Waals surface area contributed by atoms with Gasteiger partial charge in [-0.3, -0.25) is 4.98 Å². The number of aromatic nitrogens is 2. The van der Waals surface area contributed by atoms with Crippen molar-refractivity contribution in [3.05, 3.63) is 12.4 Å². The quantitative estimate of drug-likeness (QED) is 0.763. The number of halogens is 1. The predicted molar refractivity (Wildman–Crippen MR) is 57.0 cm³/mol. The highest BCUT2D eigenvalue weighted by molar-refractivity contribution is 6.18. The summed E-state index contributed by atoms with van der Waals surface area (Å²) in [4.78, 5) is 8.19. The predicted octanol–water partition coefficient (Wildman–Crippen LogP) is 1.91. The van der Waals surface area contributed by atoms with Crippen LogP contribution < -0.4 is 10.1 Å². The van der Waals surface area contributed by atoms with Gasteiger partial charge in [0.1, 0.15) is 5.82 Å². The standard InChI is InChI=1S/C9H14ClN3O/c1-3-14-9-6-11-5-8(13-9)12-7(2)4-10/h5-7H,3-4H2,1-2H3,(H,12,13). The van der Waals surface area contributed by atoms with E-state index in [2.05, 4.69) is 15.3 Å². The van der Waals surface area contributed by atoms with Crippen LogP contribution >= 0.6 is 11.6 Å². The Hall–Kier alpha value is -1.03. The van der Waals surface area contributed by atoms with E-state index in [9.17, 15) is 0 Å². The Morgan fingerprint density at radius 1 is 1.57 bits per heavy atom. The number of hydrogen-bond donors (Lipinski definition) is 1. The Kier molecular flexibility index (Phi) is 4.46. The highest BCUT2D eigenvalue weighted by Crippen LogP contribution is 2.09. The van der Waals surface area contributed by atoms with Crippen LogP contribution in [0.5, 0.6) is 5.88 Å². The van der Waals surface area contributed by atoms with E-state index in [0.29, 0.717) is 24.2 Å². The summed E-state index contributed by atoms with van der Waals surface area (Å²) in [7, 11) is 0. The first-order valence-corrected chi connectivity index (χ1v) is 5.07. The molecule has 1 unspecified atom stereocenters. The number of hydrogen-bond acceptors (Lipinski definition) is 4. The third-order valence-corrected chi connectivity index (χ3v) is 1.99. The molecular weight excluding hydrogens is 202 g/mol. The number of nitrogens with zero attached hydrogens (tertiary/aromatic N) is 2. The zero-order valence-corrected chi connectivity index (χ0v) is 9.08. The summed E-state index contributed by atoms with van der Waals surface area (Å²) in [5.74, 6) is 1.74. The molecule has 0 amide bonds. The van der Waals surface area contributed by atoms with Gasteiger partial charge < -0.3 is 10.1 Å². The average molecular weight is 216 g/mol. The van der Waals surface area contributed by atoms with Gasteiger partial charge in [-0.25, -0.2) is 0 Å². The summed E-state index contributed by atoms with van der Waals surface area (Å²) >= 11 is 5.66. The van der Waals surface area contributed by atoms with Crippen LogP contribution in [0.1, 0.15) is 13.8 Å². The minimum Gasteiger partial charge on any atom is -0.477 e. The summed E-state index contributed by atoms with van der Waals surface area (Å²) in [6, 6.07) is 0.169. The largest absolute Gasteiger partial charge is 0.477 e. The normalized spacial score (nSPS) is 12.2. The molecule has 0 aliphatic carbocycles. The SMILES string of the molecule is CCOc1cncc(NC(C)CCl)n1. The second kappa shape index (κ2) is 5.65. The lowest BCUT2D eigenvalue weighted by Gasteiger charge is -2.11. The molecule has 0 radical (unpaired) electrons. The molecule has 4 nitrogen and oxygen atoms in total. The molecule has 1 N–H and O–H groups in total. The molecule has 0 bridgehead atoms.